The highest BCUT2D eigenvalue weighted by atomic mass is 32.2. The molecule has 3 rings (SSSR count). The molecule has 27 heavy (non-hydrogen) atoms. The lowest BCUT2D eigenvalue weighted by Gasteiger charge is -2.39. The van der Waals surface area contributed by atoms with Crippen molar-refractivity contribution in [3.8, 4) is 0 Å². The van der Waals surface area contributed by atoms with Crippen molar-refractivity contribution >= 4 is 15.9 Å². The number of methoxy groups -OCH3 is 1. The van der Waals surface area contributed by atoms with Crippen LogP contribution in [0.3, 0.4) is 0 Å². The number of nitrogens with zero attached hydrogens (tertiary/aromatic N) is 3. The minimum Gasteiger partial charge on any atom is -0.383 e. The topological polar surface area (TPSA) is 79.8 Å². The molecule has 0 aliphatic carbocycles. The van der Waals surface area contributed by atoms with E-state index in [1.54, 1.807) is 17.6 Å². The van der Waals surface area contributed by atoms with Crippen molar-refractivity contribution in [1.82, 2.24) is 14.2 Å². The number of rotatable bonds is 5. The molecule has 3 heterocycles. The third-order valence-corrected chi connectivity index (χ3v) is 7.18. The minimum absolute atomic E-state index is 0.00594. The van der Waals surface area contributed by atoms with Crippen LogP contribution >= 0.6 is 0 Å². The summed E-state index contributed by atoms with van der Waals surface area (Å²) in [6, 6.07) is 3.63. The Morgan fingerprint density at radius 3 is 2.56 bits per heavy atom. The number of pyridine rings is 1. The van der Waals surface area contributed by atoms with Gasteiger partial charge in [0.15, 0.2) is 0 Å². The highest BCUT2D eigenvalue weighted by Gasteiger charge is 2.48. The summed E-state index contributed by atoms with van der Waals surface area (Å²) < 4.78 is 31.1. The first-order valence-electron chi connectivity index (χ1n) is 9.48. The van der Waals surface area contributed by atoms with E-state index in [0.717, 1.165) is 31.4 Å². The molecule has 0 N–H and O–H groups in total. The maximum Gasteiger partial charge on any atom is 0.255 e. The molecule has 0 bridgehead atoms. The van der Waals surface area contributed by atoms with Gasteiger partial charge in [0, 0.05) is 44.7 Å². The molecular weight excluding hydrogens is 366 g/mol. The van der Waals surface area contributed by atoms with Gasteiger partial charge in [-0.25, -0.2) is 8.42 Å². The molecule has 1 aromatic rings. The van der Waals surface area contributed by atoms with E-state index in [1.807, 2.05) is 24.0 Å². The molecule has 1 unspecified atom stereocenters. The first kappa shape index (κ1) is 20.2. The van der Waals surface area contributed by atoms with Crippen LogP contribution in [0.5, 0.6) is 0 Å². The number of piperidine rings is 1. The molecule has 0 radical (unpaired) electrons. The van der Waals surface area contributed by atoms with Crippen molar-refractivity contribution in [2.24, 2.45) is 5.41 Å². The number of likely N-dealkylation sites (tertiary alicyclic amines) is 1. The van der Waals surface area contributed by atoms with Crippen molar-refractivity contribution in [2.45, 2.75) is 38.6 Å². The van der Waals surface area contributed by atoms with Crippen LogP contribution in [0.2, 0.25) is 0 Å². The van der Waals surface area contributed by atoms with E-state index >= 15 is 0 Å². The van der Waals surface area contributed by atoms with Crippen LogP contribution in [0.25, 0.3) is 0 Å². The highest BCUT2D eigenvalue weighted by Crippen LogP contribution is 2.44. The van der Waals surface area contributed by atoms with E-state index in [0.29, 0.717) is 31.8 Å². The van der Waals surface area contributed by atoms with Crippen LogP contribution in [-0.2, 0) is 21.2 Å². The molecule has 2 aliphatic heterocycles. The number of carbonyl (C=O) groups excluding carboxylic acids is 1. The Labute approximate surface area is 161 Å². The molecule has 1 atom stereocenters. The number of sulfonamides is 1. The Bertz CT molecular complexity index is 771. The summed E-state index contributed by atoms with van der Waals surface area (Å²) in [5.74, 6) is 0.00594. The third-order valence-electron chi connectivity index (χ3n) is 5.90. The van der Waals surface area contributed by atoms with Gasteiger partial charge < -0.3 is 9.64 Å². The lowest BCUT2D eigenvalue weighted by molar-refractivity contribution is 0.0594. The summed E-state index contributed by atoms with van der Waals surface area (Å²) in [5, 5.41) is 0. The molecule has 1 amide bonds. The lowest BCUT2D eigenvalue weighted by atomic mass is 9.76. The summed E-state index contributed by atoms with van der Waals surface area (Å²) in [4.78, 5) is 18.9. The number of carbonyl (C=O) groups is 1. The van der Waals surface area contributed by atoms with Crippen LogP contribution in [0.15, 0.2) is 18.3 Å². The Morgan fingerprint density at radius 1 is 1.33 bits per heavy atom. The Kier molecular flexibility index (Phi) is 5.88. The molecule has 0 saturated carbocycles. The first-order valence-corrected chi connectivity index (χ1v) is 11.3. The van der Waals surface area contributed by atoms with E-state index < -0.39 is 10.0 Å². The van der Waals surface area contributed by atoms with Crippen LogP contribution in [0, 0.1) is 5.41 Å². The Morgan fingerprint density at radius 2 is 2.04 bits per heavy atom. The maximum absolute atomic E-state index is 12.8. The average molecular weight is 396 g/mol. The molecule has 7 nitrogen and oxygen atoms in total. The summed E-state index contributed by atoms with van der Waals surface area (Å²) in [6.45, 7) is 4.25. The van der Waals surface area contributed by atoms with Crippen LogP contribution in [-0.4, -0.2) is 74.2 Å². The van der Waals surface area contributed by atoms with Crippen LogP contribution in [0.4, 0.5) is 0 Å². The van der Waals surface area contributed by atoms with Crippen molar-refractivity contribution in [3.05, 3.63) is 29.6 Å². The van der Waals surface area contributed by atoms with E-state index in [4.69, 9.17) is 4.74 Å². The number of ether oxygens (including phenoxy) is 1. The van der Waals surface area contributed by atoms with E-state index in [1.165, 1.54) is 6.26 Å². The fraction of sp³-hybridized carbons (Fsp3) is 0.684. The molecular formula is C19H29N3O4S. The molecule has 150 valence electrons. The smallest absolute Gasteiger partial charge is 0.255 e. The minimum atomic E-state index is -3.26. The van der Waals surface area contributed by atoms with Gasteiger partial charge in [0.1, 0.15) is 0 Å². The summed E-state index contributed by atoms with van der Waals surface area (Å²) in [7, 11) is -1.66. The van der Waals surface area contributed by atoms with E-state index in [-0.39, 0.29) is 17.4 Å². The van der Waals surface area contributed by atoms with Gasteiger partial charge in [-0.05, 0) is 43.2 Å². The SMILES string of the molecule is CCc1ccc(C(=O)N2CCC3(CC2)CC(COC)N(S(C)(=O)=O)C3)cn1. The van der Waals surface area contributed by atoms with Gasteiger partial charge in [-0.3, -0.25) is 9.78 Å². The Balaban J connectivity index is 1.66. The summed E-state index contributed by atoms with van der Waals surface area (Å²) in [5.41, 5.74) is 1.53. The lowest BCUT2D eigenvalue weighted by Crippen LogP contribution is -2.44. The van der Waals surface area contributed by atoms with Gasteiger partial charge in [0.05, 0.1) is 18.4 Å². The number of aromatic nitrogens is 1. The molecule has 8 heteroatoms. The molecule has 2 saturated heterocycles. The maximum atomic E-state index is 12.8. The Hall–Kier alpha value is -1.51. The van der Waals surface area contributed by atoms with Crippen molar-refractivity contribution < 1.29 is 17.9 Å². The summed E-state index contributed by atoms with van der Waals surface area (Å²) >= 11 is 0. The van der Waals surface area contributed by atoms with Gasteiger partial charge in [-0.15, -0.1) is 0 Å². The standard InChI is InChI=1S/C19H29N3O4S/c1-4-16-6-5-15(12-20-16)18(23)21-9-7-19(8-10-21)11-17(13-26-2)22(14-19)27(3,24)25/h5-6,12,17H,4,7-11,13-14H2,1-3H3. The number of aryl methyl sites for hydroxylation is 1. The van der Waals surface area contributed by atoms with Crippen LogP contribution in [0.1, 0.15) is 42.2 Å². The van der Waals surface area contributed by atoms with Crippen molar-refractivity contribution in [3.63, 3.8) is 0 Å². The monoisotopic (exact) mass is 395 g/mol. The second kappa shape index (κ2) is 7.85. The third kappa shape index (κ3) is 4.33. The fourth-order valence-electron chi connectivity index (χ4n) is 4.34. The second-order valence-electron chi connectivity index (χ2n) is 7.81. The molecule has 2 aliphatic rings. The van der Waals surface area contributed by atoms with E-state index in [2.05, 4.69) is 4.98 Å². The largest absolute Gasteiger partial charge is 0.383 e. The molecule has 1 spiro atoms. The zero-order valence-electron chi connectivity index (χ0n) is 16.3. The molecule has 1 aromatic heterocycles. The number of hydrogen-bond acceptors (Lipinski definition) is 5. The average Bonchev–Trinajstić information content (AvgIpc) is 3.00. The van der Waals surface area contributed by atoms with Gasteiger partial charge >= 0.3 is 0 Å². The second-order valence-corrected chi connectivity index (χ2v) is 9.74. The quantitative estimate of drug-likeness (QED) is 0.756. The zero-order chi connectivity index (χ0) is 19.7. The van der Waals surface area contributed by atoms with Crippen molar-refractivity contribution in [2.75, 3.05) is 39.6 Å². The normalized spacial score (nSPS) is 23.1. The van der Waals surface area contributed by atoms with Crippen molar-refractivity contribution in [1.29, 1.82) is 0 Å². The van der Waals surface area contributed by atoms with Gasteiger partial charge in [-0.2, -0.15) is 4.31 Å². The van der Waals surface area contributed by atoms with Gasteiger partial charge in [0.2, 0.25) is 10.0 Å². The zero-order valence-corrected chi connectivity index (χ0v) is 17.2. The highest BCUT2D eigenvalue weighted by molar-refractivity contribution is 7.88. The fourth-order valence-corrected chi connectivity index (χ4v) is 5.52. The number of hydrogen-bond donors (Lipinski definition) is 0. The number of amides is 1. The van der Waals surface area contributed by atoms with Gasteiger partial charge in [-0.1, -0.05) is 6.92 Å². The van der Waals surface area contributed by atoms with E-state index in [9.17, 15) is 13.2 Å². The van der Waals surface area contributed by atoms with Gasteiger partial charge in [0.25, 0.3) is 5.91 Å². The molecule has 0 aromatic carbocycles. The predicted octanol–water partition coefficient (Wildman–Crippen LogP) is 1.55. The van der Waals surface area contributed by atoms with Crippen LogP contribution < -0.4 is 0 Å². The first-order chi connectivity index (χ1) is 12.8. The predicted molar refractivity (Wildman–Crippen MR) is 103 cm³/mol. The molecule has 2 fully saturated rings. The summed E-state index contributed by atoms with van der Waals surface area (Å²) in [6.07, 6.45) is 6.18.